The normalized spacial score (nSPS) is 29.8. The van der Waals surface area contributed by atoms with E-state index in [0.717, 1.165) is 45.6 Å². The van der Waals surface area contributed by atoms with Gasteiger partial charge in [-0.2, -0.15) is 13.2 Å². The van der Waals surface area contributed by atoms with Crippen molar-refractivity contribution in [2.24, 2.45) is 11.3 Å². The van der Waals surface area contributed by atoms with E-state index in [1.807, 2.05) is 4.72 Å². The van der Waals surface area contributed by atoms with Gasteiger partial charge in [-0.25, -0.2) is 13.1 Å². The zero-order chi connectivity index (χ0) is 16.7. The molecule has 9 heteroatoms. The van der Waals surface area contributed by atoms with Gasteiger partial charge < -0.3 is 10.2 Å². The molecular weight excluding hydrogens is 331 g/mol. The van der Waals surface area contributed by atoms with Crippen LogP contribution in [0.3, 0.4) is 0 Å². The third-order valence-corrected chi connectivity index (χ3v) is 6.72. The summed E-state index contributed by atoms with van der Waals surface area (Å²) >= 11 is 0. The minimum Gasteiger partial charge on any atom is -0.316 e. The maximum atomic E-state index is 12.4. The number of rotatable bonds is 4. The molecule has 3 fully saturated rings. The molecule has 5 nitrogen and oxygen atoms in total. The molecule has 2 heterocycles. The summed E-state index contributed by atoms with van der Waals surface area (Å²) in [5, 5.41) is 3.35. The quantitative estimate of drug-likeness (QED) is 0.798. The molecule has 1 atom stereocenters. The van der Waals surface area contributed by atoms with E-state index in [4.69, 9.17) is 0 Å². The molecule has 2 N–H and O–H groups in total. The Bertz CT molecular complexity index is 516. The summed E-state index contributed by atoms with van der Waals surface area (Å²) < 4.78 is 61.3. The Morgan fingerprint density at radius 3 is 2.35 bits per heavy atom. The third kappa shape index (κ3) is 3.83. The number of halogens is 3. The molecule has 1 saturated carbocycles. The van der Waals surface area contributed by atoms with E-state index in [1.165, 1.54) is 6.42 Å². The van der Waals surface area contributed by atoms with E-state index in [0.29, 0.717) is 18.8 Å². The van der Waals surface area contributed by atoms with Crippen molar-refractivity contribution >= 4 is 10.0 Å². The summed E-state index contributed by atoms with van der Waals surface area (Å²) in [6.45, 7) is 5.26. The van der Waals surface area contributed by atoms with E-state index < -0.39 is 21.6 Å². The van der Waals surface area contributed by atoms with Crippen LogP contribution in [-0.4, -0.2) is 57.6 Å². The molecule has 3 aliphatic rings. The number of hydrogen-bond acceptors (Lipinski definition) is 4. The first-order valence-corrected chi connectivity index (χ1v) is 9.69. The molecule has 1 spiro atoms. The maximum absolute atomic E-state index is 12.4. The minimum atomic E-state index is -5.22. The van der Waals surface area contributed by atoms with Gasteiger partial charge in [-0.05, 0) is 56.5 Å². The van der Waals surface area contributed by atoms with Crippen LogP contribution in [0.5, 0.6) is 0 Å². The second-order valence-corrected chi connectivity index (χ2v) is 9.08. The summed E-state index contributed by atoms with van der Waals surface area (Å²) in [7, 11) is -5.22. The molecule has 0 bridgehead atoms. The van der Waals surface area contributed by atoms with E-state index in [1.54, 1.807) is 0 Å². The smallest absolute Gasteiger partial charge is 0.316 e. The average Bonchev–Trinajstić information content (AvgIpc) is 2.90. The second kappa shape index (κ2) is 6.16. The predicted molar refractivity (Wildman–Crippen MR) is 80.2 cm³/mol. The third-order valence-electron chi connectivity index (χ3n) is 5.47. The lowest BCUT2D eigenvalue weighted by Crippen LogP contribution is -2.60. The standard InChI is InChI=1S/C14H24F3N3O2S/c15-14(16,17)23(21,22)19-12-1-4-13(5-2-12)9-20(10-13)8-11-3-6-18-7-11/h11-12,18-19H,1-10H2/t11-/m0/s1. The van der Waals surface area contributed by atoms with Crippen LogP contribution in [0.15, 0.2) is 0 Å². The molecule has 0 amide bonds. The first kappa shape index (κ1) is 17.4. The Hall–Kier alpha value is -0.380. The molecule has 0 radical (unpaired) electrons. The van der Waals surface area contributed by atoms with Crippen molar-refractivity contribution in [3.05, 3.63) is 0 Å². The zero-order valence-corrected chi connectivity index (χ0v) is 13.8. The van der Waals surface area contributed by atoms with Gasteiger partial charge in [0.2, 0.25) is 0 Å². The van der Waals surface area contributed by atoms with Crippen LogP contribution >= 0.6 is 0 Å². The summed E-state index contributed by atoms with van der Waals surface area (Å²) in [5.41, 5.74) is -5.02. The Morgan fingerprint density at radius 2 is 1.83 bits per heavy atom. The van der Waals surface area contributed by atoms with Crippen molar-refractivity contribution in [2.45, 2.75) is 43.7 Å². The molecule has 0 aromatic rings. The van der Waals surface area contributed by atoms with Crippen LogP contribution in [0.1, 0.15) is 32.1 Å². The van der Waals surface area contributed by atoms with E-state index in [-0.39, 0.29) is 5.41 Å². The van der Waals surface area contributed by atoms with Crippen molar-refractivity contribution in [1.29, 1.82) is 0 Å². The molecule has 2 aliphatic heterocycles. The zero-order valence-electron chi connectivity index (χ0n) is 13.0. The molecule has 23 heavy (non-hydrogen) atoms. The van der Waals surface area contributed by atoms with Crippen molar-refractivity contribution in [2.75, 3.05) is 32.7 Å². The SMILES string of the molecule is O=S(=O)(NC1CCC2(CC1)CN(C[C@H]1CCNC1)C2)C(F)(F)F. The Morgan fingerprint density at radius 1 is 1.17 bits per heavy atom. The topological polar surface area (TPSA) is 61.4 Å². The van der Waals surface area contributed by atoms with Crippen LogP contribution in [0.4, 0.5) is 13.2 Å². The van der Waals surface area contributed by atoms with Crippen LogP contribution < -0.4 is 10.0 Å². The van der Waals surface area contributed by atoms with Gasteiger partial charge >= 0.3 is 15.5 Å². The molecule has 0 aromatic heterocycles. The highest BCUT2D eigenvalue weighted by Gasteiger charge is 2.49. The van der Waals surface area contributed by atoms with Gasteiger partial charge in [-0.15, -0.1) is 0 Å². The number of alkyl halides is 3. The number of nitrogens with one attached hydrogen (secondary N) is 2. The summed E-state index contributed by atoms with van der Waals surface area (Å²) in [6, 6.07) is -0.583. The van der Waals surface area contributed by atoms with Crippen LogP contribution in [0.25, 0.3) is 0 Å². The highest BCUT2D eigenvalue weighted by molar-refractivity contribution is 7.90. The molecular formula is C14H24F3N3O2S. The van der Waals surface area contributed by atoms with Crippen LogP contribution in [-0.2, 0) is 10.0 Å². The average molecular weight is 355 g/mol. The first-order valence-electron chi connectivity index (χ1n) is 8.21. The summed E-state index contributed by atoms with van der Waals surface area (Å²) in [5.74, 6) is 0.710. The number of nitrogens with zero attached hydrogens (tertiary/aromatic N) is 1. The van der Waals surface area contributed by atoms with Crippen molar-refractivity contribution < 1.29 is 21.6 Å². The van der Waals surface area contributed by atoms with Gasteiger partial charge in [0.25, 0.3) is 0 Å². The van der Waals surface area contributed by atoms with E-state index >= 15 is 0 Å². The monoisotopic (exact) mass is 355 g/mol. The van der Waals surface area contributed by atoms with Crippen molar-refractivity contribution in [1.82, 2.24) is 14.9 Å². The minimum absolute atomic E-state index is 0.201. The Labute approximate surface area is 135 Å². The molecule has 3 rings (SSSR count). The Kier molecular flexibility index (Phi) is 4.67. The lowest BCUT2D eigenvalue weighted by Gasteiger charge is -2.54. The maximum Gasteiger partial charge on any atom is 0.511 e. The van der Waals surface area contributed by atoms with Crippen LogP contribution in [0.2, 0.25) is 0 Å². The number of sulfonamides is 1. The molecule has 2 saturated heterocycles. The van der Waals surface area contributed by atoms with Gasteiger partial charge in [-0.1, -0.05) is 0 Å². The van der Waals surface area contributed by atoms with Gasteiger partial charge in [0, 0.05) is 25.7 Å². The van der Waals surface area contributed by atoms with Crippen molar-refractivity contribution in [3.63, 3.8) is 0 Å². The molecule has 0 unspecified atom stereocenters. The fourth-order valence-corrected chi connectivity index (χ4v) is 5.03. The Balaban J connectivity index is 1.43. The largest absolute Gasteiger partial charge is 0.511 e. The fraction of sp³-hybridized carbons (Fsp3) is 1.00. The molecule has 134 valence electrons. The lowest BCUT2D eigenvalue weighted by molar-refractivity contribution is -0.0482. The van der Waals surface area contributed by atoms with Crippen molar-refractivity contribution in [3.8, 4) is 0 Å². The summed E-state index contributed by atoms with van der Waals surface area (Å²) in [6.07, 6.45) is 3.81. The molecule has 0 aromatic carbocycles. The number of likely N-dealkylation sites (tertiary alicyclic amines) is 1. The predicted octanol–water partition coefficient (Wildman–Crippen LogP) is 1.28. The summed E-state index contributed by atoms with van der Waals surface area (Å²) in [4.78, 5) is 2.43. The number of hydrogen-bond donors (Lipinski definition) is 2. The second-order valence-electron chi connectivity index (χ2n) is 7.37. The van der Waals surface area contributed by atoms with Gasteiger partial charge in [0.15, 0.2) is 0 Å². The molecule has 1 aliphatic carbocycles. The van der Waals surface area contributed by atoms with Crippen LogP contribution in [0, 0.1) is 11.3 Å². The fourth-order valence-electron chi connectivity index (χ4n) is 4.22. The van der Waals surface area contributed by atoms with E-state index in [2.05, 4.69) is 10.2 Å². The van der Waals surface area contributed by atoms with Gasteiger partial charge in [0.1, 0.15) is 0 Å². The highest BCUT2D eigenvalue weighted by atomic mass is 32.2. The van der Waals surface area contributed by atoms with Gasteiger partial charge in [0.05, 0.1) is 0 Å². The highest BCUT2D eigenvalue weighted by Crippen LogP contribution is 2.44. The van der Waals surface area contributed by atoms with Gasteiger partial charge in [-0.3, -0.25) is 0 Å². The van der Waals surface area contributed by atoms with E-state index in [9.17, 15) is 21.6 Å². The first-order chi connectivity index (χ1) is 10.7. The lowest BCUT2D eigenvalue weighted by atomic mass is 9.67.